The van der Waals surface area contributed by atoms with Gasteiger partial charge in [-0.25, -0.2) is 12.8 Å². The van der Waals surface area contributed by atoms with Gasteiger partial charge in [0.05, 0.1) is 10.6 Å². The molecule has 4 rings (SSSR count). The molecule has 2 aromatic carbocycles. The Morgan fingerprint density at radius 2 is 2.00 bits per heavy atom. The minimum Gasteiger partial charge on any atom is -0.330 e. The second-order valence-corrected chi connectivity index (χ2v) is 8.70. The zero-order chi connectivity index (χ0) is 17.6. The minimum atomic E-state index is -3.67. The van der Waals surface area contributed by atoms with Gasteiger partial charge in [-0.3, -0.25) is 4.99 Å². The Bertz CT molecular complexity index is 969. The highest BCUT2D eigenvalue weighted by Gasteiger charge is 2.34. The molecule has 1 heterocycles. The van der Waals surface area contributed by atoms with Crippen molar-refractivity contribution in [3.05, 3.63) is 58.9 Å². The second-order valence-electron chi connectivity index (χ2n) is 6.63. The smallest absolute Gasteiger partial charge is 0.190 e. The molecule has 4 nitrogen and oxygen atoms in total. The number of aliphatic imine (C=N–C) groups is 1. The van der Waals surface area contributed by atoms with Crippen molar-refractivity contribution in [2.45, 2.75) is 35.3 Å². The molecule has 2 aromatic rings. The van der Waals surface area contributed by atoms with Crippen molar-refractivity contribution in [3.63, 3.8) is 0 Å². The van der Waals surface area contributed by atoms with Crippen molar-refractivity contribution in [2.24, 2.45) is 10.7 Å². The number of sulfone groups is 1. The van der Waals surface area contributed by atoms with Gasteiger partial charge in [0, 0.05) is 11.8 Å². The fraction of sp³-hybridized carbons (Fsp3) is 0.316. The van der Waals surface area contributed by atoms with Crippen LogP contribution in [0.15, 0.2) is 46.3 Å². The lowest BCUT2D eigenvalue weighted by Gasteiger charge is -2.25. The lowest BCUT2D eigenvalue weighted by Crippen LogP contribution is -2.19. The van der Waals surface area contributed by atoms with Crippen LogP contribution in [0.25, 0.3) is 0 Å². The maximum Gasteiger partial charge on any atom is 0.190 e. The van der Waals surface area contributed by atoms with Gasteiger partial charge in [-0.15, -0.1) is 0 Å². The molecule has 2 aliphatic rings. The number of hydrogen-bond donors (Lipinski definition) is 1. The summed E-state index contributed by atoms with van der Waals surface area (Å²) in [6.07, 6.45) is 4.30. The van der Waals surface area contributed by atoms with Gasteiger partial charge in [0.25, 0.3) is 0 Å². The highest BCUT2D eigenvalue weighted by molar-refractivity contribution is 7.92. The summed E-state index contributed by atoms with van der Waals surface area (Å²) in [5.41, 5.74) is 8.95. The van der Waals surface area contributed by atoms with Crippen molar-refractivity contribution in [1.29, 1.82) is 0 Å². The monoisotopic (exact) mass is 358 g/mol. The Morgan fingerprint density at radius 3 is 2.80 bits per heavy atom. The molecule has 0 spiro atoms. The van der Waals surface area contributed by atoms with Crippen LogP contribution in [0.4, 0.5) is 10.1 Å². The van der Waals surface area contributed by atoms with Gasteiger partial charge in [-0.2, -0.15) is 0 Å². The first-order chi connectivity index (χ1) is 12.0. The number of aryl methyl sites for hydroxylation is 1. The number of benzene rings is 2. The van der Waals surface area contributed by atoms with Crippen LogP contribution >= 0.6 is 0 Å². The van der Waals surface area contributed by atoms with E-state index in [4.69, 9.17) is 5.73 Å². The lowest BCUT2D eigenvalue weighted by atomic mass is 9.83. The van der Waals surface area contributed by atoms with Gasteiger partial charge < -0.3 is 5.73 Å². The highest BCUT2D eigenvalue weighted by atomic mass is 32.2. The number of halogens is 1. The standard InChI is InChI=1S/C19H19FN2O2S/c20-14-4-7-18-17(9-14)19(11-22-18)25(23,24)15-5-6-16-12(8-15)2-1-3-13(16)10-21/h4-9,11,13,19H,1-3,10,21H2. The molecule has 1 aliphatic heterocycles. The first-order valence-electron chi connectivity index (χ1n) is 8.41. The molecule has 0 radical (unpaired) electrons. The van der Waals surface area contributed by atoms with E-state index >= 15 is 0 Å². The molecule has 2 unspecified atom stereocenters. The summed E-state index contributed by atoms with van der Waals surface area (Å²) in [6, 6.07) is 9.35. The minimum absolute atomic E-state index is 0.262. The topological polar surface area (TPSA) is 72.5 Å². The Labute approximate surface area is 146 Å². The third kappa shape index (κ3) is 2.69. The lowest BCUT2D eigenvalue weighted by molar-refractivity contribution is 0.558. The zero-order valence-electron chi connectivity index (χ0n) is 13.7. The van der Waals surface area contributed by atoms with Crippen LogP contribution in [0, 0.1) is 5.82 Å². The van der Waals surface area contributed by atoms with E-state index in [1.165, 1.54) is 24.4 Å². The predicted octanol–water partition coefficient (Wildman–Crippen LogP) is 3.44. The molecular formula is C19H19FN2O2S. The van der Waals surface area contributed by atoms with Crippen LogP contribution in [0.3, 0.4) is 0 Å². The number of rotatable bonds is 3. The summed E-state index contributed by atoms with van der Waals surface area (Å²) in [6.45, 7) is 0.570. The third-order valence-corrected chi connectivity index (χ3v) is 7.10. The van der Waals surface area contributed by atoms with Gasteiger partial charge >= 0.3 is 0 Å². The normalized spacial score (nSPS) is 21.8. The molecular weight excluding hydrogens is 339 g/mol. The van der Waals surface area contributed by atoms with Crippen molar-refractivity contribution in [3.8, 4) is 0 Å². The van der Waals surface area contributed by atoms with E-state index in [2.05, 4.69) is 4.99 Å². The zero-order valence-corrected chi connectivity index (χ0v) is 14.5. The number of hydrogen-bond acceptors (Lipinski definition) is 4. The first-order valence-corrected chi connectivity index (χ1v) is 9.96. The maximum atomic E-state index is 13.6. The summed E-state index contributed by atoms with van der Waals surface area (Å²) >= 11 is 0. The molecule has 0 saturated carbocycles. The van der Waals surface area contributed by atoms with Crippen LogP contribution in [-0.4, -0.2) is 21.2 Å². The molecule has 0 amide bonds. The van der Waals surface area contributed by atoms with E-state index in [-0.39, 0.29) is 4.90 Å². The highest BCUT2D eigenvalue weighted by Crippen LogP contribution is 2.40. The Hall–Kier alpha value is -2.05. The maximum absolute atomic E-state index is 13.6. The average molecular weight is 358 g/mol. The van der Waals surface area contributed by atoms with Gasteiger partial charge in [0.1, 0.15) is 11.1 Å². The van der Waals surface area contributed by atoms with Gasteiger partial charge in [0.15, 0.2) is 9.84 Å². The van der Waals surface area contributed by atoms with E-state index < -0.39 is 20.9 Å². The molecule has 2 atom stereocenters. The number of nitrogens with zero attached hydrogens (tertiary/aromatic N) is 1. The van der Waals surface area contributed by atoms with Crippen LogP contribution in [0.2, 0.25) is 0 Å². The average Bonchev–Trinajstić information content (AvgIpc) is 3.04. The van der Waals surface area contributed by atoms with Crippen LogP contribution in [0.5, 0.6) is 0 Å². The number of fused-ring (bicyclic) bond motifs is 2. The van der Waals surface area contributed by atoms with E-state index in [1.54, 1.807) is 12.1 Å². The fourth-order valence-electron chi connectivity index (χ4n) is 3.81. The van der Waals surface area contributed by atoms with Crippen LogP contribution in [-0.2, 0) is 16.3 Å². The molecule has 0 aromatic heterocycles. The van der Waals surface area contributed by atoms with Crippen molar-refractivity contribution < 1.29 is 12.8 Å². The summed E-state index contributed by atoms with van der Waals surface area (Å²) < 4.78 is 39.8. The van der Waals surface area contributed by atoms with Gasteiger partial charge in [0.2, 0.25) is 0 Å². The summed E-state index contributed by atoms with van der Waals surface area (Å²) in [4.78, 5) is 4.40. The van der Waals surface area contributed by atoms with E-state index in [9.17, 15) is 12.8 Å². The largest absolute Gasteiger partial charge is 0.330 e. The van der Waals surface area contributed by atoms with E-state index in [0.29, 0.717) is 23.7 Å². The van der Waals surface area contributed by atoms with E-state index in [1.807, 2.05) is 6.07 Å². The second kappa shape index (κ2) is 6.04. The van der Waals surface area contributed by atoms with Crippen LogP contribution in [0.1, 0.15) is 40.7 Å². The van der Waals surface area contributed by atoms with E-state index in [0.717, 1.165) is 30.4 Å². The first kappa shape index (κ1) is 16.4. The predicted molar refractivity (Wildman–Crippen MR) is 95.7 cm³/mol. The molecule has 130 valence electrons. The summed E-state index contributed by atoms with van der Waals surface area (Å²) in [5.74, 6) is -0.163. The van der Waals surface area contributed by atoms with Gasteiger partial charge in [-0.05, 0) is 73.2 Å². The van der Waals surface area contributed by atoms with Crippen LogP contribution < -0.4 is 5.73 Å². The van der Waals surface area contributed by atoms with Gasteiger partial charge in [-0.1, -0.05) is 6.07 Å². The molecule has 2 N–H and O–H groups in total. The van der Waals surface area contributed by atoms with Crippen molar-refractivity contribution in [2.75, 3.05) is 6.54 Å². The fourth-order valence-corrected chi connectivity index (χ4v) is 5.41. The van der Waals surface area contributed by atoms with Crippen molar-refractivity contribution >= 4 is 21.7 Å². The molecule has 0 saturated heterocycles. The molecule has 0 bridgehead atoms. The molecule has 6 heteroatoms. The Morgan fingerprint density at radius 1 is 1.16 bits per heavy atom. The molecule has 0 fully saturated rings. The quantitative estimate of drug-likeness (QED) is 0.913. The molecule has 1 aliphatic carbocycles. The molecule has 25 heavy (non-hydrogen) atoms. The van der Waals surface area contributed by atoms with Crippen molar-refractivity contribution in [1.82, 2.24) is 0 Å². The number of nitrogens with two attached hydrogens (primary N) is 1. The SMILES string of the molecule is NCC1CCCc2cc(S(=O)(=O)C3C=Nc4ccc(F)cc43)ccc21. The Kier molecular flexibility index (Phi) is 3.96. The third-order valence-electron chi connectivity index (χ3n) is 5.15. The summed E-state index contributed by atoms with van der Waals surface area (Å²) in [5, 5.41) is -0.940. The Balaban J connectivity index is 1.76. The summed E-state index contributed by atoms with van der Waals surface area (Å²) in [7, 11) is -3.67.